The van der Waals surface area contributed by atoms with Crippen LogP contribution in [0.1, 0.15) is 158 Å². The number of aryl methyl sites for hydroxylation is 1. The standard InChI is InChI=1S/C82H78N2/c1-10-79(11-2)69-28-22-19-25-59(69)61-38-31-52(45-71(61)79)54-33-40-63-65-42-35-57(50-75(65)81(14-5,15-6)73(63)47-54)84(56-37-44-78-68(49-56)67-27-21-24-30-77(67)83(78)18-9)58-36-43-66-64-41-34-55(48-74(64)82(16-7,17-8)76(66)51-58)53-32-39-62-60-26-20-23-29-70(60)80(12-3,13-4)72(62)46-53/h19-51H,10-18H2,1-9H3. The summed E-state index contributed by atoms with van der Waals surface area (Å²) in [6.45, 7) is 22.4. The van der Waals surface area contributed by atoms with Gasteiger partial charge in [0.05, 0.1) is 0 Å². The van der Waals surface area contributed by atoms with E-state index in [1.165, 1.54) is 150 Å². The second kappa shape index (κ2) is 19.4. The van der Waals surface area contributed by atoms with E-state index in [9.17, 15) is 0 Å². The van der Waals surface area contributed by atoms with Crippen LogP contribution in [-0.2, 0) is 28.2 Å². The van der Waals surface area contributed by atoms with Gasteiger partial charge in [-0.1, -0.05) is 183 Å². The van der Waals surface area contributed by atoms with Crippen molar-refractivity contribution in [3.05, 3.63) is 245 Å². The molecule has 0 N–H and O–H groups in total. The lowest BCUT2D eigenvalue weighted by atomic mass is 9.72. The van der Waals surface area contributed by atoms with Gasteiger partial charge in [-0.3, -0.25) is 0 Å². The zero-order chi connectivity index (χ0) is 57.4. The summed E-state index contributed by atoms with van der Waals surface area (Å²) in [6.07, 6.45) is 8.40. The molecule has 0 radical (unpaired) electrons. The molecule has 4 aliphatic carbocycles. The van der Waals surface area contributed by atoms with Crippen LogP contribution in [0.25, 0.3) is 88.6 Å². The Bertz CT molecular complexity index is 4260. The molecule has 0 fully saturated rings. The quantitative estimate of drug-likeness (QED) is 0.105. The largest absolute Gasteiger partial charge is 0.341 e. The summed E-state index contributed by atoms with van der Waals surface area (Å²) in [4.78, 5) is 2.60. The van der Waals surface area contributed by atoms with E-state index in [0.29, 0.717) is 0 Å². The molecular formula is C82H78N2. The molecule has 0 aliphatic heterocycles. The minimum atomic E-state index is -0.154. The molecule has 416 valence electrons. The third kappa shape index (κ3) is 6.92. The first-order valence-corrected chi connectivity index (χ1v) is 32.0. The zero-order valence-electron chi connectivity index (χ0n) is 50.8. The normalized spacial score (nSPS) is 15.5. The molecule has 15 rings (SSSR count). The first-order valence-electron chi connectivity index (χ1n) is 32.0. The second-order valence-corrected chi connectivity index (χ2v) is 25.0. The van der Waals surface area contributed by atoms with E-state index < -0.39 is 0 Å². The van der Waals surface area contributed by atoms with E-state index in [0.717, 1.165) is 57.9 Å². The number of benzene rings is 10. The van der Waals surface area contributed by atoms with Crippen LogP contribution in [-0.4, -0.2) is 4.57 Å². The molecule has 1 heterocycles. The molecular weight excluding hydrogens is 1010 g/mol. The van der Waals surface area contributed by atoms with Crippen molar-refractivity contribution in [3.63, 3.8) is 0 Å². The highest BCUT2D eigenvalue weighted by molar-refractivity contribution is 6.10. The molecule has 0 atom stereocenters. The molecule has 10 aromatic carbocycles. The number of para-hydroxylation sites is 1. The Kier molecular flexibility index (Phi) is 12.2. The number of hydrogen-bond donors (Lipinski definition) is 0. The minimum absolute atomic E-state index is 0.0284. The Labute approximate surface area is 498 Å². The predicted octanol–water partition coefficient (Wildman–Crippen LogP) is 23.0. The number of nitrogens with zero attached hydrogens (tertiary/aromatic N) is 2. The molecule has 0 saturated carbocycles. The number of rotatable bonds is 14. The predicted molar refractivity (Wildman–Crippen MR) is 358 cm³/mol. The Morgan fingerprint density at radius 2 is 0.560 bits per heavy atom. The van der Waals surface area contributed by atoms with Crippen molar-refractivity contribution in [2.45, 2.75) is 142 Å². The summed E-state index contributed by atoms with van der Waals surface area (Å²) in [5.74, 6) is 0. The number of anilines is 3. The van der Waals surface area contributed by atoms with E-state index in [2.05, 4.69) is 272 Å². The smallest absolute Gasteiger partial charge is 0.0492 e. The van der Waals surface area contributed by atoms with Crippen LogP contribution in [0.2, 0.25) is 0 Å². The van der Waals surface area contributed by atoms with Gasteiger partial charge in [-0.05, 0) is 242 Å². The molecule has 4 aliphatic rings. The van der Waals surface area contributed by atoms with Gasteiger partial charge >= 0.3 is 0 Å². The SMILES string of the molecule is CCn1c2ccccc2c2cc(N(c3ccc4c(c3)C(CC)(CC)c3cc(-c5ccc6c(c5)C(CC)(CC)c5ccccc5-6)ccc3-4)c3ccc4c(c3)C(CC)(CC)c3cc(-c5ccc6c(c5)C(CC)(CC)c5ccccc5-6)ccc3-4)ccc21. The first-order chi connectivity index (χ1) is 41.1. The lowest BCUT2D eigenvalue weighted by molar-refractivity contribution is 0.490. The monoisotopic (exact) mass is 1090 g/mol. The zero-order valence-corrected chi connectivity index (χ0v) is 50.8. The Balaban J connectivity index is 0.861. The van der Waals surface area contributed by atoms with Gasteiger partial charge in [0.2, 0.25) is 0 Å². The van der Waals surface area contributed by atoms with Crippen molar-refractivity contribution < 1.29 is 0 Å². The first kappa shape index (κ1) is 52.6. The van der Waals surface area contributed by atoms with Gasteiger partial charge in [0.25, 0.3) is 0 Å². The van der Waals surface area contributed by atoms with Crippen LogP contribution in [0, 0.1) is 0 Å². The highest BCUT2D eigenvalue weighted by Gasteiger charge is 2.45. The third-order valence-corrected chi connectivity index (χ3v) is 22.6. The maximum Gasteiger partial charge on any atom is 0.0492 e. The van der Waals surface area contributed by atoms with Crippen LogP contribution in [0.3, 0.4) is 0 Å². The van der Waals surface area contributed by atoms with Crippen molar-refractivity contribution >= 4 is 38.9 Å². The molecule has 0 saturated heterocycles. The molecule has 0 unspecified atom stereocenters. The van der Waals surface area contributed by atoms with Crippen molar-refractivity contribution in [1.82, 2.24) is 4.57 Å². The number of fused-ring (bicyclic) bond motifs is 15. The van der Waals surface area contributed by atoms with Crippen molar-refractivity contribution in [1.29, 1.82) is 0 Å². The average molecular weight is 1090 g/mol. The summed E-state index contributed by atoms with van der Waals surface area (Å²) in [5, 5.41) is 2.59. The lowest BCUT2D eigenvalue weighted by Crippen LogP contribution is -2.24. The van der Waals surface area contributed by atoms with E-state index in [1.54, 1.807) is 0 Å². The van der Waals surface area contributed by atoms with Gasteiger partial charge in [0, 0.05) is 67.1 Å². The van der Waals surface area contributed by atoms with Crippen molar-refractivity contribution in [2.75, 3.05) is 4.90 Å². The van der Waals surface area contributed by atoms with E-state index in [1.807, 2.05) is 0 Å². The highest BCUT2D eigenvalue weighted by Crippen LogP contribution is 2.60. The highest BCUT2D eigenvalue weighted by atomic mass is 15.1. The summed E-state index contributed by atoms with van der Waals surface area (Å²) < 4.78 is 2.48. The van der Waals surface area contributed by atoms with Gasteiger partial charge in [0.1, 0.15) is 0 Å². The molecule has 2 nitrogen and oxygen atoms in total. The molecule has 0 spiro atoms. The van der Waals surface area contributed by atoms with E-state index in [-0.39, 0.29) is 21.7 Å². The maximum atomic E-state index is 2.60. The molecule has 0 amide bonds. The molecule has 2 heteroatoms. The van der Waals surface area contributed by atoms with Crippen molar-refractivity contribution in [2.24, 2.45) is 0 Å². The van der Waals surface area contributed by atoms with Gasteiger partial charge < -0.3 is 9.47 Å². The minimum Gasteiger partial charge on any atom is -0.341 e. The van der Waals surface area contributed by atoms with E-state index >= 15 is 0 Å². The van der Waals surface area contributed by atoms with Crippen LogP contribution in [0.5, 0.6) is 0 Å². The fourth-order valence-electron chi connectivity index (χ4n) is 17.9. The average Bonchev–Trinajstić information content (AvgIpc) is 2.80. The summed E-state index contributed by atoms with van der Waals surface area (Å²) in [5.41, 5.74) is 34.0. The number of aromatic nitrogens is 1. The van der Waals surface area contributed by atoms with Crippen LogP contribution < -0.4 is 4.90 Å². The summed E-state index contributed by atoms with van der Waals surface area (Å²) in [6, 6.07) is 79.1. The van der Waals surface area contributed by atoms with Crippen LogP contribution in [0.4, 0.5) is 17.1 Å². The Morgan fingerprint density at radius 1 is 0.262 bits per heavy atom. The van der Waals surface area contributed by atoms with Gasteiger partial charge in [-0.15, -0.1) is 0 Å². The maximum absolute atomic E-state index is 2.60. The topological polar surface area (TPSA) is 8.17 Å². The Morgan fingerprint density at radius 3 is 0.952 bits per heavy atom. The van der Waals surface area contributed by atoms with E-state index in [4.69, 9.17) is 0 Å². The van der Waals surface area contributed by atoms with Gasteiger partial charge in [-0.25, -0.2) is 0 Å². The number of hydrogen-bond acceptors (Lipinski definition) is 1. The van der Waals surface area contributed by atoms with Crippen LogP contribution in [0.15, 0.2) is 200 Å². The molecule has 11 aromatic rings. The third-order valence-electron chi connectivity index (χ3n) is 22.6. The van der Waals surface area contributed by atoms with Crippen molar-refractivity contribution in [3.8, 4) is 66.8 Å². The molecule has 1 aromatic heterocycles. The summed E-state index contributed by atoms with van der Waals surface area (Å²) in [7, 11) is 0. The fraction of sp³-hybridized carbons (Fsp3) is 0.268. The lowest BCUT2D eigenvalue weighted by Gasteiger charge is -2.33. The Hall–Kier alpha value is -8.20. The second-order valence-electron chi connectivity index (χ2n) is 25.0. The van der Waals surface area contributed by atoms with Crippen LogP contribution >= 0.6 is 0 Å². The van der Waals surface area contributed by atoms with Gasteiger partial charge in [-0.2, -0.15) is 0 Å². The molecule has 84 heavy (non-hydrogen) atoms. The molecule has 0 bridgehead atoms. The fourth-order valence-corrected chi connectivity index (χ4v) is 17.9. The van der Waals surface area contributed by atoms with Gasteiger partial charge in [0.15, 0.2) is 0 Å². The summed E-state index contributed by atoms with van der Waals surface area (Å²) >= 11 is 0.